The van der Waals surface area contributed by atoms with Crippen molar-refractivity contribution in [1.82, 2.24) is 19.7 Å². The third-order valence-corrected chi connectivity index (χ3v) is 4.03. The van der Waals surface area contributed by atoms with Gasteiger partial charge < -0.3 is 9.72 Å². The van der Waals surface area contributed by atoms with Gasteiger partial charge in [-0.05, 0) is 30.8 Å². The van der Waals surface area contributed by atoms with E-state index < -0.39 is 0 Å². The van der Waals surface area contributed by atoms with Crippen molar-refractivity contribution in [2.75, 3.05) is 6.54 Å². The van der Waals surface area contributed by atoms with E-state index in [1.807, 2.05) is 42.7 Å². The van der Waals surface area contributed by atoms with Gasteiger partial charge in [-0.3, -0.25) is 4.98 Å². The van der Waals surface area contributed by atoms with E-state index in [9.17, 15) is 0 Å². The molecular formula is C15H16N4S. The van der Waals surface area contributed by atoms with Gasteiger partial charge >= 0.3 is 0 Å². The molecule has 0 unspecified atom stereocenters. The SMILES string of the molecule is CCNCc1c(Sc2ccncc2)nc2ccccn12. The maximum Gasteiger partial charge on any atom is 0.138 e. The Kier molecular flexibility index (Phi) is 3.99. The van der Waals surface area contributed by atoms with Crippen molar-refractivity contribution in [3.63, 3.8) is 0 Å². The normalized spacial score (nSPS) is 11.1. The molecule has 20 heavy (non-hydrogen) atoms. The highest BCUT2D eigenvalue weighted by molar-refractivity contribution is 7.99. The Hall–Kier alpha value is -1.85. The highest BCUT2D eigenvalue weighted by Crippen LogP contribution is 2.30. The van der Waals surface area contributed by atoms with Crippen molar-refractivity contribution in [1.29, 1.82) is 0 Å². The predicted molar refractivity (Wildman–Crippen MR) is 80.9 cm³/mol. The number of aromatic nitrogens is 3. The molecule has 3 aromatic rings. The molecule has 0 aliphatic rings. The first-order chi connectivity index (χ1) is 9.88. The second kappa shape index (κ2) is 6.07. The number of fused-ring (bicyclic) bond motifs is 1. The van der Waals surface area contributed by atoms with Crippen LogP contribution in [-0.4, -0.2) is 20.9 Å². The molecule has 0 aliphatic heterocycles. The molecule has 3 rings (SSSR count). The summed E-state index contributed by atoms with van der Waals surface area (Å²) in [4.78, 5) is 9.93. The van der Waals surface area contributed by atoms with Crippen molar-refractivity contribution < 1.29 is 0 Å². The van der Waals surface area contributed by atoms with Gasteiger partial charge in [-0.2, -0.15) is 0 Å². The second-order valence-corrected chi connectivity index (χ2v) is 5.42. The van der Waals surface area contributed by atoms with Gasteiger partial charge in [0.25, 0.3) is 0 Å². The number of nitrogens with one attached hydrogen (secondary N) is 1. The Morgan fingerprint density at radius 1 is 1.20 bits per heavy atom. The van der Waals surface area contributed by atoms with Gasteiger partial charge in [0.15, 0.2) is 0 Å². The van der Waals surface area contributed by atoms with Crippen LogP contribution in [0.1, 0.15) is 12.6 Å². The first-order valence-electron chi connectivity index (χ1n) is 6.63. The van der Waals surface area contributed by atoms with Crippen LogP contribution >= 0.6 is 11.8 Å². The topological polar surface area (TPSA) is 42.2 Å². The van der Waals surface area contributed by atoms with Crippen LogP contribution in [0.25, 0.3) is 5.65 Å². The fourth-order valence-electron chi connectivity index (χ4n) is 2.03. The minimum Gasteiger partial charge on any atom is -0.311 e. The summed E-state index contributed by atoms with van der Waals surface area (Å²) in [6, 6.07) is 10.1. The van der Waals surface area contributed by atoms with E-state index in [1.54, 1.807) is 11.8 Å². The van der Waals surface area contributed by atoms with E-state index in [0.29, 0.717) is 0 Å². The fourth-order valence-corrected chi connectivity index (χ4v) is 2.94. The molecule has 0 saturated carbocycles. The molecule has 0 amide bonds. The van der Waals surface area contributed by atoms with E-state index in [4.69, 9.17) is 4.98 Å². The number of hydrogen-bond donors (Lipinski definition) is 1. The molecule has 0 aromatic carbocycles. The molecule has 0 saturated heterocycles. The number of hydrogen-bond acceptors (Lipinski definition) is 4. The van der Waals surface area contributed by atoms with Crippen molar-refractivity contribution in [3.8, 4) is 0 Å². The molecule has 0 aliphatic carbocycles. The lowest BCUT2D eigenvalue weighted by atomic mass is 10.4. The van der Waals surface area contributed by atoms with Gasteiger partial charge in [0.1, 0.15) is 10.7 Å². The Morgan fingerprint density at radius 2 is 2.05 bits per heavy atom. The molecule has 0 spiro atoms. The maximum absolute atomic E-state index is 4.73. The van der Waals surface area contributed by atoms with Crippen molar-refractivity contribution in [2.45, 2.75) is 23.4 Å². The number of pyridine rings is 2. The summed E-state index contributed by atoms with van der Waals surface area (Å²) in [6.45, 7) is 3.87. The summed E-state index contributed by atoms with van der Waals surface area (Å²) in [5.74, 6) is 0. The maximum atomic E-state index is 4.73. The molecule has 4 nitrogen and oxygen atoms in total. The number of imidazole rings is 1. The van der Waals surface area contributed by atoms with Gasteiger partial charge in [-0.1, -0.05) is 24.8 Å². The summed E-state index contributed by atoms with van der Waals surface area (Å²) in [5.41, 5.74) is 2.18. The zero-order valence-electron chi connectivity index (χ0n) is 11.3. The molecule has 0 atom stereocenters. The smallest absolute Gasteiger partial charge is 0.138 e. The standard InChI is InChI=1S/C15H16N4S/c1-2-16-11-13-15(20-12-6-8-17-9-7-12)18-14-5-3-4-10-19(13)14/h3-10,16H,2,11H2,1H3. The van der Waals surface area contributed by atoms with Crippen LogP contribution in [0.2, 0.25) is 0 Å². The molecule has 3 heterocycles. The summed E-state index contributed by atoms with van der Waals surface area (Å²) in [5, 5.41) is 4.43. The van der Waals surface area contributed by atoms with E-state index in [0.717, 1.165) is 28.7 Å². The van der Waals surface area contributed by atoms with Crippen LogP contribution in [0.5, 0.6) is 0 Å². The number of nitrogens with zero attached hydrogens (tertiary/aromatic N) is 3. The first-order valence-corrected chi connectivity index (χ1v) is 7.44. The van der Waals surface area contributed by atoms with Gasteiger partial charge in [0.2, 0.25) is 0 Å². The largest absolute Gasteiger partial charge is 0.311 e. The zero-order chi connectivity index (χ0) is 13.8. The van der Waals surface area contributed by atoms with Crippen LogP contribution < -0.4 is 5.32 Å². The second-order valence-electron chi connectivity index (χ2n) is 4.36. The Balaban J connectivity index is 2.00. The van der Waals surface area contributed by atoms with Gasteiger partial charge in [-0.25, -0.2) is 4.98 Å². The zero-order valence-corrected chi connectivity index (χ0v) is 12.1. The lowest BCUT2D eigenvalue weighted by Gasteiger charge is -2.05. The van der Waals surface area contributed by atoms with Crippen LogP contribution in [0.4, 0.5) is 0 Å². The molecule has 0 fully saturated rings. The van der Waals surface area contributed by atoms with Gasteiger partial charge in [-0.15, -0.1) is 0 Å². The first kappa shape index (κ1) is 13.1. The monoisotopic (exact) mass is 284 g/mol. The summed E-state index contributed by atoms with van der Waals surface area (Å²) in [7, 11) is 0. The highest BCUT2D eigenvalue weighted by Gasteiger charge is 2.12. The summed E-state index contributed by atoms with van der Waals surface area (Å²) < 4.78 is 2.15. The van der Waals surface area contributed by atoms with Crippen LogP contribution in [0.3, 0.4) is 0 Å². The summed E-state index contributed by atoms with van der Waals surface area (Å²) >= 11 is 1.68. The predicted octanol–water partition coefficient (Wildman–Crippen LogP) is 2.99. The molecule has 3 aromatic heterocycles. The fraction of sp³-hybridized carbons (Fsp3) is 0.200. The van der Waals surface area contributed by atoms with Gasteiger partial charge in [0, 0.05) is 30.0 Å². The van der Waals surface area contributed by atoms with E-state index in [-0.39, 0.29) is 0 Å². The number of rotatable bonds is 5. The quantitative estimate of drug-likeness (QED) is 0.782. The molecule has 0 bridgehead atoms. The summed E-state index contributed by atoms with van der Waals surface area (Å²) in [6.07, 6.45) is 5.68. The molecular weight excluding hydrogens is 268 g/mol. The highest BCUT2D eigenvalue weighted by atomic mass is 32.2. The molecule has 5 heteroatoms. The van der Waals surface area contributed by atoms with Crippen LogP contribution in [-0.2, 0) is 6.54 Å². The van der Waals surface area contributed by atoms with Crippen molar-refractivity contribution in [3.05, 3.63) is 54.6 Å². The van der Waals surface area contributed by atoms with E-state index >= 15 is 0 Å². The molecule has 102 valence electrons. The van der Waals surface area contributed by atoms with Crippen LogP contribution in [0.15, 0.2) is 58.8 Å². The average molecular weight is 284 g/mol. The van der Waals surface area contributed by atoms with Crippen molar-refractivity contribution in [2.24, 2.45) is 0 Å². The third-order valence-electron chi connectivity index (χ3n) is 3.00. The third kappa shape index (κ3) is 2.69. The van der Waals surface area contributed by atoms with E-state index in [1.165, 1.54) is 5.69 Å². The average Bonchev–Trinajstić information content (AvgIpc) is 2.83. The lowest BCUT2D eigenvalue weighted by molar-refractivity contribution is 0.694. The molecule has 1 N–H and O–H groups in total. The van der Waals surface area contributed by atoms with E-state index in [2.05, 4.69) is 27.8 Å². The van der Waals surface area contributed by atoms with Crippen LogP contribution in [0, 0.1) is 0 Å². The Labute approximate surface area is 122 Å². The minimum atomic E-state index is 0.815. The van der Waals surface area contributed by atoms with Crippen molar-refractivity contribution >= 4 is 17.4 Å². The van der Waals surface area contributed by atoms with Gasteiger partial charge in [0.05, 0.1) is 5.69 Å². The molecule has 0 radical (unpaired) electrons. The minimum absolute atomic E-state index is 0.815. The Morgan fingerprint density at radius 3 is 2.85 bits per heavy atom. The lowest BCUT2D eigenvalue weighted by Crippen LogP contribution is -2.13. The Bertz CT molecular complexity index is 693.